The zero-order valence-electron chi connectivity index (χ0n) is 16.1. The maximum atomic E-state index is 12.3. The number of benzene rings is 3. The minimum Gasteiger partial charge on any atom is -0.491 e. The fraction of sp³-hybridized carbons (Fsp3) is 0.160. The highest BCUT2D eigenvalue weighted by atomic mass is 16.5. The molecule has 0 aliphatic heterocycles. The second-order valence-corrected chi connectivity index (χ2v) is 6.51. The van der Waals surface area contributed by atoms with Crippen LogP contribution < -0.4 is 10.1 Å². The number of carbonyl (C=O) groups excluding carboxylic acids is 1. The number of carbonyl (C=O) groups is 1. The van der Waals surface area contributed by atoms with Crippen LogP contribution in [0.15, 0.2) is 84.9 Å². The maximum Gasteiger partial charge on any atom is 0.248 e. The van der Waals surface area contributed by atoms with Crippen molar-refractivity contribution in [2.45, 2.75) is 19.8 Å². The van der Waals surface area contributed by atoms with Crippen molar-refractivity contribution < 1.29 is 9.53 Å². The van der Waals surface area contributed by atoms with Crippen LogP contribution in [-0.4, -0.2) is 12.5 Å². The molecular formula is C25H25NO2. The van der Waals surface area contributed by atoms with Crippen LogP contribution in [0, 0.1) is 0 Å². The van der Waals surface area contributed by atoms with Gasteiger partial charge in [0.15, 0.2) is 0 Å². The highest BCUT2D eigenvalue weighted by molar-refractivity contribution is 6.02. The van der Waals surface area contributed by atoms with Crippen LogP contribution in [0.5, 0.6) is 5.75 Å². The molecule has 28 heavy (non-hydrogen) atoms. The van der Waals surface area contributed by atoms with E-state index in [4.69, 9.17) is 4.74 Å². The number of hydrogen-bond acceptors (Lipinski definition) is 2. The third-order valence-corrected chi connectivity index (χ3v) is 4.35. The van der Waals surface area contributed by atoms with E-state index in [2.05, 4.69) is 36.5 Å². The number of unbranched alkanes of at least 4 members (excludes halogenated alkanes) is 1. The lowest BCUT2D eigenvalue weighted by molar-refractivity contribution is -0.111. The first-order valence-corrected chi connectivity index (χ1v) is 9.62. The quantitative estimate of drug-likeness (QED) is 0.379. The van der Waals surface area contributed by atoms with Crippen molar-refractivity contribution in [2.75, 3.05) is 11.9 Å². The fourth-order valence-corrected chi connectivity index (χ4v) is 2.79. The Hall–Kier alpha value is -3.33. The zero-order chi connectivity index (χ0) is 19.6. The highest BCUT2D eigenvalue weighted by Gasteiger charge is 2.05. The lowest BCUT2D eigenvalue weighted by atomic mass is 10.0. The predicted octanol–water partition coefficient (Wildman–Crippen LogP) is 6.18. The molecule has 3 aromatic carbocycles. The van der Waals surface area contributed by atoms with Crippen molar-refractivity contribution in [1.82, 2.24) is 0 Å². The summed E-state index contributed by atoms with van der Waals surface area (Å²) in [6, 6.07) is 25.9. The summed E-state index contributed by atoms with van der Waals surface area (Å²) in [5.74, 6) is 0.517. The molecule has 0 unspecified atom stereocenters. The summed E-state index contributed by atoms with van der Waals surface area (Å²) in [4.78, 5) is 12.3. The third kappa shape index (κ3) is 5.58. The van der Waals surface area contributed by atoms with Gasteiger partial charge in [-0.3, -0.25) is 4.79 Å². The number of nitrogens with one attached hydrogen (secondary N) is 1. The summed E-state index contributed by atoms with van der Waals surface area (Å²) in [5, 5.41) is 2.89. The minimum atomic E-state index is -0.182. The standard InChI is InChI=1S/C25H25NO2/c1-2-3-19-28-24-12-8-7-11-23(24)26-25(27)18-15-20-13-16-22(17-14-20)21-9-5-4-6-10-21/h4-18H,2-3,19H2,1H3,(H,26,27). The molecule has 0 spiro atoms. The SMILES string of the molecule is CCCCOc1ccccc1NC(=O)C=Cc1ccc(-c2ccccc2)cc1. The summed E-state index contributed by atoms with van der Waals surface area (Å²) >= 11 is 0. The van der Waals surface area contributed by atoms with Gasteiger partial charge in [-0.2, -0.15) is 0 Å². The van der Waals surface area contributed by atoms with E-state index >= 15 is 0 Å². The van der Waals surface area contributed by atoms with Gasteiger partial charge < -0.3 is 10.1 Å². The van der Waals surface area contributed by atoms with Crippen molar-refractivity contribution in [1.29, 1.82) is 0 Å². The Morgan fingerprint density at radius 3 is 2.32 bits per heavy atom. The summed E-state index contributed by atoms with van der Waals surface area (Å²) in [6.45, 7) is 2.77. The molecule has 0 saturated heterocycles. The molecule has 0 fully saturated rings. The average molecular weight is 371 g/mol. The van der Waals surface area contributed by atoms with Gasteiger partial charge in [0.05, 0.1) is 12.3 Å². The van der Waals surface area contributed by atoms with Crippen LogP contribution in [0.4, 0.5) is 5.69 Å². The molecule has 3 rings (SSSR count). The molecule has 3 aromatic rings. The lowest BCUT2D eigenvalue weighted by Crippen LogP contribution is -2.09. The van der Waals surface area contributed by atoms with Crippen molar-refractivity contribution in [3.05, 3.63) is 90.5 Å². The third-order valence-electron chi connectivity index (χ3n) is 4.35. The van der Waals surface area contributed by atoms with Gasteiger partial charge in [0.2, 0.25) is 5.91 Å². The molecule has 1 amide bonds. The summed E-state index contributed by atoms with van der Waals surface area (Å²) < 4.78 is 5.76. The van der Waals surface area contributed by atoms with Gasteiger partial charge in [0.25, 0.3) is 0 Å². The molecule has 3 nitrogen and oxygen atoms in total. The van der Waals surface area contributed by atoms with Gasteiger partial charge in [-0.1, -0.05) is 80.1 Å². The molecule has 1 N–H and O–H groups in total. The average Bonchev–Trinajstić information content (AvgIpc) is 2.75. The summed E-state index contributed by atoms with van der Waals surface area (Å²) in [5.41, 5.74) is 3.99. The van der Waals surface area contributed by atoms with Gasteiger partial charge in [-0.05, 0) is 41.3 Å². The first kappa shape index (κ1) is 19.4. The van der Waals surface area contributed by atoms with Gasteiger partial charge in [0.1, 0.15) is 5.75 Å². The Kier molecular flexibility index (Phi) is 7.02. The Morgan fingerprint density at radius 1 is 0.893 bits per heavy atom. The number of para-hydroxylation sites is 2. The van der Waals surface area contributed by atoms with Crippen LogP contribution in [0.1, 0.15) is 25.3 Å². The number of amides is 1. The van der Waals surface area contributed by atoms with Gasteiger partial charge in [0, 0.05) is 6.08 Å². The first-order chi connectivity index (χ1) is 13.8. The Labute approximate surface area is 166 Å². The molecule has 0 aromatic heterocycles. The van der Waals surface area contributed by atoms with Crippen molar-refractivity contribution in [3.63, 3.8) is 0 Å². The number of anilines is 1. The van der Waals surface area contributed by atoms with E-state index in [1.165, 1.54) is 5.56 Å². The van der Waals surface area contributed by atoms with Gasteiger partial charge in [-0.25, -0.2) is 0 Å². The van der Waals surface area contributed by atoms with Crippen LogP contribution >= 0.6 is 0 Å². The Balaban J connectivity index is 1.61. The second kappa shape index (κ2) is 10.1. The van der Waals surface area contributed by atoms with E-state index in [1.807, 2.05) is 60.7 Å². The smallest absolute Gasteiger partial charge is 0.248 e. The topological polar surface area (TPSA) is 38.3 Å². The predicted molar refractivity (Wildman–Crippen MR) is 116 cm³/mol. The lowest BCUT2D eigenvalue weighted by Gasteiger charge is -2.11. The molecular weight excluding hydrogens is 346 g/mol. The number of rotatable bonds is 8. The molecule has 0 aliphatic carbocycles. The van der Waals surface area contributed by atoms with Crippen molar-refractivity contribution in [2.24, 2.45) is 0 Å². The van der Waals surface area contributed by atoms with Crippen LogP contribution in [0.3, 0.4) is 0 Å². The van der Waals surface area contributed by atoms with E-state index in [0.717, 1.165) is 24.0 Å². The second-order valence-electron chi connectivity index (χ2n) is 6.51. The molecule has 0 saturated carbocycles. The molecule has 142 valence electrons. The Bertz CT molecular complexity index is 915. The minimum absolute atomic E-state index is 0.182. The zero-order valence-corrected chi connectivity index (χ0v) is 16.1. The summed E-state index contributed by atoms with van der Waals surface area (Å²) in [6.07, 6.45) is 5.41. The van der Waals surface area contributed by atoms with Crippen LogP contribution in [0.25, 0.3) is 17.2 Å². The monoisotopic (exact) mass is 371 g/mol. The molecule has 0 aliphatic rings. The highest BCUT2D eigenvalue weighted by Crippen LogP contribution is 2.24. The van der Waals surface area contributed by atoms with E-state index < -0.39 is 0 Å². The largest absolute Gasteiger partial charge is 0.491 e. The van der Waals surface area contributed by atoms with E-state index in [0.29, 0.717) is 18.0 Å². The van der Waals surface area contributed by atoms with E-state index in [-0.39, 0.29) is 5.91 Å². The van der Waals surface area contributed by atoms with Crippen LogP contribution in [-0.2, 0) is 4.79 Å². The first-order valence-electron chi connectivity index (χ1n) is 9.62. The van der Waals surface area contributed by atoms with Crippen molar-refractivity contribution in [3.8, 4) is 16.9 Å². The molecule has 0 bridgehead atoms. The summed E-state index contributed by atoms with van der Waals surface area (Å²) in [7, 11) is 0. The molecule has 0 radical (unpaired) electrons. The fourth-order valence-electron chi connectivity index (χ4n) is 2.79. The van der Waals surface area contributed by atoms with Crippen molar-refractivity contribution >= 4 is 17.7 Å². The van der Waals surface area contributed by atoms with Crippen LogP contribution in [0.2, 0.25) is 0 Å². The molecule has 3 heteroatoms. The van der Waals surface area contributed by atoms with E-state index in [9.17, 15) is 4.79 Å². The Morgan fingerprint density at radius 2 is 1.57 bits per heavy atom. The van der Waals surface area contributed by atoms with Gasteiger partial charge in [-0.15, -0.1) is 0 Å². The van der Waals surface area contributed by atoms with Gasteiger partial charge >= 0.3 is 0 Å². The molecule has 0 heterocycles. The number of hydrogen-bond donors (Lipinski definition) is 1. The maximum absolute atomic E-state index is 12.3. The normalized spacial score (nSPS) is 10.8. The number of ether oxygens (including phenoxy) is 1. The molecule has 0 atom stereocenters. The van der Waals surface area contributed by atoms with E-state index in [1.54, 1.807) is 6.08 Å².